The molecule has 0 spiro atoms. The number of rotatable bonds is 4. The predicted octanol–water partition coefficient (Wildman–Crippen LogP) is 1.12. The van der Waals surface area contributed by atoms with Gasteiger partial charge in [-0.15, -0.1) is 0 Å². The number of aromatic amines is 1. The van der Waals surface area contributed by atoms with Crippen molar-refractivity contribution < 1.29 is 4.74 Å². The number of nitrogens with zero attached hydrogens (tertiary/aromatic N) is 4. The molecule has 4 heterocycles. The monoisotopic (exact) mass is 430 g/mol. The summed E-state index contributed by atoms with van der Waals surface area (Å²) in [7, 11) is 0. The van der Waals surface area contributed by atoms with Gasteiger partial charge in [-0.1, -0.05) is 23.7 Å². The minimum absolute atomic E-state index is 0.0649. The molecule has 9 nitrogen and oxygen atoms in total. The molecule has 2 aliphatic rings. The lowest BCUT2D eigenvalue weighted by Crippen LogP contribution is -2.44. The van der Waals surface area contributed by atoms with Crippen LogP contribution < -0.4 is 21.5 Å². The van der Waals surface area contributed by atoms with Gasteiger partial charge in [0.05, 0.1) is 23.4 Å². The first-order chi connectivity index (χ1) is 14.6. The highest BCUT2D eigenvalue weighted by molar-refractivity contribution is 6.32. The smallest absolute Gasteiger partial charge is 0.330 e. The highest BCUT2D eigenvalue weighted by Gasteiger charge is 2.27. The van der Waals surface area contributed by atoms with Crippen molar-refractivity contribution in [3.05, 3.63) is 50.1 Å². The fourth-order valence-electron chi connectivity index (χ4n) is 4.21. The van der Waals surface area contributed by atoms with Gasteiger partial charge in [-0.2, -0.15) is 4.98 Å². The van der Waals surface area contributed by atoms with E-state index in [1.807, 2.05) is 18.2 Å². The highest BCUT2D eigenvalue weighted by Crippen LogP contribution is 2.29. The fraction of sp³-hybridized carbons (Fsp3) is 0.450. The van der Waals surface area contributed by atoms with Crippen molar-refractivity contribution in [1.29, 1.82) is 0 Å². The molecule has 0 radical (unpaired) electrons. The summed E-state index contributed by atoms with van der Waals surface area (Å²) in [6, 6.07) is 7.34. The third-order valence-corrected chi connectivity index (χ3v) is 6.00. The molecular formula is C20H23ClN6O3. The number of hydrogen-bond donors (Lipinski definition) is 2. The summed E-state index contributed by atoms with van der Waals surface area (Å²) in [6.07, 6.45) is 1.78. The van der Waals surface area contributed by atoms with Crippen LogP contribution >= 0.6 is 11.6 Å². The molecule has 158 valence electrons. The summed E-state index contributed by atoms with van der Waals surface area (Å²) in [5, 5.41) is 3.83. The second kappa shape index (κ2) is 7.90. The third kappa shape index (κ3) is 3.32. The quantitative estimate of drug-likeness (QED) is 0.643. The summed E-state index contributed by atoms with van der Waals surface area (Å²) in [4.78, 5) is 35.0. The number of nitrogens with one attached hydrogen (secondary N) is 2. The van der Waals surface area contributed by atoms with Gasteiger partial charge in [-0.25, -0.2) is 4.79 Å². The molecule has 0 saturated carbocycles. The molecule has 0 aliphatic carbocycles. The number of hydrogen-bond acceptors (Lipinski definition) is 6. The predicted molar refractivity (Wildman–Crippen MR) is 115 cm³/mol. The second-order valence-electron chi connectivity index (χ2n) is 7.61. The number of halogens is 1. The van der Waals surface area contributed by atoms with Gasteiger partial charge in [-0.3, -0.25) is 18.9 Å². The lowest BCUT2D eigenvalue weighted by atomic mass is 10.2. The molecule has 2 aliphatic heterocycles. The van der Waals surface area contributed by atoms with Crippen molar-refractivity contribution >= 4 is 28.7 Å². The summed E-state index contributed by atoms with van der Waals surface area (Å²) in [6.45, 7) is 4.14. The normalized spacial score (nSPS) is 19.6. The molecule has 0 amide bonds. The maximum atomic E-state index is 13.0. The van der Waals surface area contributed by atoms with E-state index in [0.717, 1.165) is 39.0 Å². The second-order valence-corrected chi connectivity index (χ2v) is 8.02. The van der Waals surface area contributed by atoms with E-state index >= 15 is 0 Å². The average molecular weight is 431 g/mol. The molecule has 3 aromatic rings. The van der Waals surface area contributed by atoms with Crippen LogP contribution in [0.15, 0.2) is 33.9 Å². The van der Waals surface area contributed by atoms with Crippen molar-refractivity contribution in [3.63, 3.8) is 0 Å². The maximum Gasteiger partial charge on any atom is 0.330 e. The Morgan fingerprint density at radius 1 is 1.20 bits per heavy atom. The first-order valence-corrected chi connectivity index (χ1v) is 10.6. The Morgan fingerprint density at radius 3 is 2.73 bits per heavy atom. The highest BCUT2D eigenvalue weighted by atomic mass is 35.5. The summed E-state index contributed by atoms with van der Waals surface area (Å²) in [5.74, 6) is 0.608. The number of H-pyrrole nitrogens is 1. The van der Waals surface area contributed by atoms with Crippen LogP contribution in [0.1, 0.15) is 12.8 Å². The lowest BCUT2D eigenvalue weighted by molar-refractivity contribution is 0.0967. The minimum atomic E-state index is -0.479. The van der Waals surface area contributed by atoms with E-state index < -0.39 is 11.2 Å². The van der Waals surface area contributed by atoms with Crippen LogP contribution in [-0.4, -0.2) is 58.0 Å². The number of benzene rings is 1. The van der Waals surface area contributed by atoms with Gasteiger partial charge >= 0.3 is 5.69 Å². The van der Waals surface area contributed by atoms with Crippen LogP contribution in [0.25, 0.3) is 16.9 Å². The van der Waals surface area contributed by atoms with Gasteiger partial charge in [0.25, 0.3) is 5.56 Å². The van der Waals surface area contributed by atoms with Crippen LogP contribution in [0.3, 0.4) is 0 Å². The Morgan fingerprint density at radius 2 is 2.00 bits per heavy atom. The van der Waals surface area contributed by atoms with E-state index in [-0.39, 0.29) is 6.10 Å². The van der Waals surface area contributed by atoms with Crippen LogP contribution in [0, 0.1) is 0 Å². The number of anilines is 1. The molecule has 5 rings (SSSR count). The summed E-state index contributed by atoms with van der Waals surface area (Å²) in [5.41, 5.74) is 0.371. The molecule has 2 fully saturated rings. The fourth-order valence-corrected chi connectivity index (χ4v) is 4.43. The van der Waals surface area contributed by atoms with Gasteiger partial charge < -0.3 is 15.0 Å². The Bertz CT molecular complexity index is 1190. The molecule has 2 saturated heterocycles. The van der Waals surface area contributed by atoms with Crippen molar-refractivity contribution in [1.82, 2.24) is 24.4 Å². The maximum absolute atomic E-state index is 13.0. The Kier molecular flexibility index (Phi) is 5.10. The van der Waals surface area contributed by atoms with E-state index in [2.05, 4.69) is 15.2 Å². The topological polar surface area (TPSA) is 97.2 Å². The molecule has 2 N–H and O–H groups in total. The summed E-state index contributed by atoms with van der Waals surface area (Å²) >= 11 is 6.51. The number of ether oxygens (including phenoxy) is 1. The van der Waals surface area contributed by atoms with Gasteiger partial charge in [0, 0.05) is 32.8 Å². The van der Waals surface area contributed by atoms with Crippen molar-refractivity contribution in [2.75, 3.05) is 37.7 Å². The molecule has 1 aromatic carbocycles. The number of fused-ring (bicyclic) bond motifs is 1. The molecule has 2 aromatic heterocycles. The zero-order valence-corrected chi connectivity index (χ0v) is 17.2. The van der Waals surface area contributed by atoms with Crippen LogP contribution in [0.5, 0.6) is 0 Å². The first-order valence-electron chi connectivity index (χ1n) is 10.2. The number of aromatic nitrogens is 4. The lowest BCUT2D eigenvalue weighted by Gasteiger charge is -2.28. The number of imidazole rings is 1. The van der Waals surface area contributed by atoms with Crippen LogP contribution in [0.2, 0.25) is 5.02 Å². The minimum Gasteiger partial charge on any atom is -0.376 e. The van der Waals surface area contributed by atoms with Gasteiger partial charge in [0.15, 0.2) is 11.2 Å². The Balaban J connectivity index is 1.77. The van der Waals surface area contributed by atoms with Crippen LogP contribution in [0.4, 0.5) is 5.95 Å². The number of para-hydroxylation sites is 1. The molecule has 30 heavy (non-hydrogen) atoms. The Labute approximate surface area is 177 Å². The van der Waals surface area contributed by atoms with Gasteiger partial charge in [0.1, 0.15) is 0 Å². The van der Waals surface area contributed by atoms with Crippen LogP contribution in [-0.2, 0) is 11.3 Å². The molecule has 10 heteroatoms. The van der Waals surface area contributed by atoms with Crippen molar-refractivity contribution in [3.8, 4) is 5.69 Å². The molecule has 1 atom stereocenters. The first kappa shape index (κ1) is 19.3. The zero-order chi connectivity index (χ0) is 20.7. The summed E-state index contributed by atoms with van der Waals surface area (Å²) < 4.78 is 9.01. The Hall–Kier alpha value is -2.62. The standard InChI is InChI=1S/C20H23ClN6O3/c21-14-5-1-2-6-15(14)27-16-17(23-19(27)25-9-7-22-8-10-25)26(20(29)24-18(16)28)12-13-4-3-11-30-13/h1-2,5-6,13,22H,3-4,7-12H2,(H,24,28,29). The third-order valence-electron chi connectivity index (χ3n) is 5.68. The van der Waals surface area contributed by atoms with Gasteiger partial charge in [-0.05, 0) is 25.0 Å². The SMILES string of the molecule is O=c1[nH]c(=O)n(CC2CCCO2)c2nc(N3CCNCC3)n(-c3ccccc3Cl)c12. The molecule has 0 bridgehead atoms. The average Bonchev–Trinajstić information content (AvgIpc) is 3.40. The number of piperazine rings is 1. The molecular weight excluding hydrogens is 408 g/mol. The van der Waals surface area contributed by atoms with Crippen molar-refractivity contribution in [2.45, 2.75) is 25.5 Å². The van der Waals surface area contributed by atoms with E-state index in [1.54, 1.807) is 10.6 Å². The van der Waals surface area contributed by atoms with Gasteiger partial charge in [0.2, 0.25) is 5.95 Å². The zero-order valence-electron chi connectivity index (χ0n) is 16.4. The molecule has 1 unspecified atom stereocenters. The largest absolute Gasteiger partial charge is 0.376 e. The van der Waals surface area contributed by atoms with E-state index in [0.29, 0.717) is 41.0 Å². The van der Waals surface area contributed by atoms with E-state index in [9.17, 15) is 9.59 Å². The van der Waals surface area contributed by atoms with Crippen molar-refractivity contribution in [2.24, 2.45) is 0 Å². The van der Waals surface area contributed by atoms with E-state index in [1.165, 1.54) is 4.57 Å². The van der Waals surface area contributed by atoms with E-state index in [4.69, 9.17) is 21.3 Å².